The molecule has 2 aromatic rings. The first kappa shape index (κ1) is 12.1. The van der Waals surface area contributed by atoms with Gasteiger partial charge in [-0.15, -0.1) is 10.2 Å². The van der Waals surface area contributed by atoms with Gasteiger partial charge >= 0.3 is 0 Å². The molecule has 0 fully saturated rings. The van der Waals surface area contributed by atoms with E-state index >= 15 is 0 Å². The maximum Gasteiger partial charge on any atom is 0.222 e. The van der Waals surface area contributed by atoms with Gasteiger partial charge in [0.2, 0.25) is 5.82 Å². The van der Waals surface area contributed by atoms with Crippen LogP contribution in [0.2, 0.25) is 0 Å². The summed E-state index contributed by atoms with van der Waals surface area (Å²) in [4.78, 5) is 4.10. The lowest BCUT2D eigenvalue weighted by molar-refractivity contribution is 0.346. The van der Waals surface area contributed by atoms with E-state index in [0.29, 0.717) is 29.2 Å². The Balaban J connectivity index is 2.00. The second-order valence-corrected chi connectivity index (χ2v) is 3.37. The molecule has 0 aromatic carbocycles. The summed E-state index contributed by atoms with van der Waals surface area (Å²) < 4.78 is 17.6. The van der Waals surface area contributed by atoms with E-state index in [4.69, 9.17) is 10.5 Å². The minimum atomic E-state index is 0.0935. The molecule has 0 saturated heterocycles. The van der Waals surface area contributed by atoms with Crippen molar-refractivity contribution < 1.29 is 9.13 Å². The van der Waals surface area contributed by atoms with Gasteiger partial charge in [-0.1, -0.05) is 0 Å². The zero-order valence-corrected chi connectivity index (χ0v) is 9.38. The minimum Gasteiger partial charge on any atom is -0.487 e. The predicted octanol–water partition coefficient (Wildman–Crippen LogP) is 0.453. The molecule has 2 aromatic heterocycles. The third-order valence-electron chi connectivity index (χ3n) is 2.15. The standard InChI is InChI=1S/C10H11FN6O/c11-3-7(4-12)6-18-8-1-2-9(13-5-8)10-14-16-17-15-10/h1-3,5H,4,6,12H2,(H,14,15,16,17)/b7-3-. The number of nitrogens with one attached hydrogen (secondary N) is 1. The summed E-state index contributed by atoms with van der Waals surface area (Å²) in [6.45, 7) is 0.209. The number of nitrogens with zero attached hydrogens (tertiary/aromatic N) is 4. The molecular weight excluding hydrogens is 239 g/mol. The van der Waals surface area contributed by atoms with Gasteiger partial charge in [-0.25, -0.2) is 9.37 Å². The first-order chi connectivity index (χ1) is 8.83. The molecule has 0 aliphatic heterocycles. The van der Waals surface area contributed by atoms with E-state index in [1.165, 1.54) is 6.20 Å². The van der Waals surface area contributed by atoms with Crippen LogP contribution in [0.15, 0.2) is 30.2 Å². The average Bonchev–Trinajstić information content (AvgIpc) is 2.94. The van der Waals surface area contributed by atoms with Gasteiger partial charge in [0.1, 0.15) is 18.1 Å². The van der Waals surface area contributed by atoms with Crippen molar-refractivity contribution in [3.63, 3.8) is 0 Å². The Morgan fingerprint density at radius 1 is 1.50 bits per heavy atom. The van der Waals surface area contributed by atoms with E-state index in [-0.39, 0.29) is 13.2 Å². The number of H-pyrrole nitrogens is 1. The van der Waals surface area contributed by atoms with Gasteiger partial charge in [0.15, 0.2) is 0 Å². The van der Waals surface area contributed by atoms with Crippen molar-refractivity contribution in [1.29, 1.82) is 0 Å². The van der Waals surface area contributed by atoms with Crippen LogP contribution in [-0.2, 0) is 0 Å². The summed E-state index contributed by atoms with van der Waals surface area (Å²) in [7, 11) is 0. The van der Waals surface area contributed by atoms with E-state index < -0.39 is 0 Å². The quantitative estimate of drug-likeness (QED) is 0.798. The summed E-state index contributed by atoms with van der Waals surface area (Å²) in [5.41, 5.74) is 6.24. The number of rotatable bonds is 5. The summed E-state index contributed by atoms with van der Waals surface area (Å²) >= 11 is 0. The average molecular weight is 250 g/mol. The van der Waals surface area contributed by atoms with Gasteiger partial charge in [-0.3, -0.25) is 0 Å². The van der Waals surface area contributed by atoms with Crippen molar-refractivity contribution in [2.75, 3.05) is 13.2 Å². The molecule has 2 rings (SSSR count). The lowest BCUT2D eigenvalue weighted by atomic mass is 10.3. The number of aromatic nitrogens is 5. The highest BCUT2D eigenvalue weighted by Crippen LogP contribution is 2.15. The smallest absolute Gasteiger partial charge is 0.222 e. The number of tetrazole rings is 1. The Morgan fingerprint density at radius 3 is 2.94 bits per heavy atom. The number of nitrogens with two attached hydrogens (primary N) is 1. The first-order valence-electron chi connectivity index (χ1n) is 5.14. The molecular formula is C10H11FN6O. The lowest BCUT2D eigenvalue weighted by Gasteiger charge is -2.06. The van der Waals surface area contributed by atoms with Gasteiger partial charge in [-0.05, 0) is 17.3 Å². The number of halogens is 1. The topological polar surface area (TPSA) is 103 Å². The second kappa shape index (κ2) is 5.82. The van der Waals surface area contributed by atoms with E-state index in [1.54, 1.807) is 12.1 Å². The third kappa shape index (κ3) is 2.86. The molecule has 0 bridgehead atoms. The molecule has 0 unspecified atom stereocenters. The van der Waals surface area contributed by atoms with Gasteiger partial charge < -0.3 is 10.5 Å². The van der Waals surface area contributed by atoms with Crippen LogP contribution in [0.25, 0.3) is 11.5 Å². The first-order valence-corrected chi connectivity index (χ1v) is 5.14. The number of ether oxygens (including phenoxy) is 1. The van der Waals surface area contributed by atoms with Crippen molar-refractivity contribution in [3.8, 4) is 17.3 Å². The molecule has 0 spiro atoms. The van der Waals surface area contributed by atoms with Gasteiger partial charge in [0.25, 0.3) is 0 Å². The summed E-state index contributed by atoms with van der Waals surface area (Å²) in [6.07, 6.45) is 1.94. The molecule has 2 heterocycles. The van der Waals surface area contributed by atoms with Crippen LogP contribution < -0.4 is 10.5 Å². The maximum absolute atomic E-state index is 12.2. The van der Waals surface area contributed by atoms with Crippen LogP contribution in [0, 0.1) is 0 Å². The summed E-state index contributed by atoms with van der Waals surface area (Å²) in [5.74, 6) is 0.905. The molecule has 0 atom stereocenters. The zero-order valence-electron chi connectivity index (χ0n) is 9.38. The van der Waals surface area contributed by atoms with Crippen LogP contribution in [0.5, 0.6) is 5.75 Å². The predicted molar refractivity (Wildman–Crippen MR) is 61.1 cm³/mol. The number of aromatic amines is 1. The lowest BCUT2D eigenvalue weighted by Crippen LogP contribution is -2.10. The van der Waals surface area contributed by atoms with Crippen LogP contribution in [-0.4, -0.2) is 38.8 Å². The summed E-state index contributed by atoms with van der Waals surface area (Å²) in [6, 6.07) is 3.37. The summed E-state index contributed by atoms with van der Waals surface area (Å²) in [5, 5.41) is 13.3. The highest BCUT2D eigenvalue weighted by atomic mass is 19.1. The normalized spacial score (nSPS) is 11.6. The van der Waals surface area contributed by atoms with Crippen LogP contribution in [0.4, 0.5) is 4.39 Å². The second-order valence-electron chi connectivity index (χ2n) is 3.37. The molecule has 0 aliphatic rings. The Hall–Kier alpha value is -2.35. The van der Waals surface area contributed by atoms with Gasteiger partial charge in [0, 0.05) is 12.1 Å². The van der Waals surface area contributed by atoms with Gasteiger partial charge in [0.05, 0.1) is 12.5 Å². The van der Waals surface area contributed by atoms with Crippen molar-refractivity contribution in [2.45, 2.75) is 0 Å². The molecule has 7 nitrogen and oxygen atoms in total. The van der Waals surface area contributed by atoms with E-state index in [1.807, 2.05) is 0 Å². The van der Waals surface area contributed by atoms with Crippen molar-refractivity contribution >= 4 is 0 Å². The van der Waals surface area contributed by atoms with E-state index in [2.05, 4.69) is 25.6 Å². The molecule has 3 N–H and O–H groups in total. The SMILES string of the molecule is NC/C(=C/F)COc1ccc(-c2nn[nH]n2)nc1. The third-order valence-corrected chi connectivity index (χ3v) is 2.15. The van der Waals surface area contributed by atoms with Crippen LogP contribution in [0.1, 0.15) is 0 Å². The largest absolute Gasteiger partial charge is 0.487 e. The highest BCUT2D eigenvalue weighted by molar-refractivity contribution is 5.48. The molecule has 0 amide bonds. The fourth-order valence-corrected chi connectivity index (χ4v) is 1.18. The Labute approximate surface area is 102 Å². The molecule has 18 heavy (non-hydrogen) atoms. The molecule has 94 valence electrons. The molecule has 8 heteroatoms. The van der Waals surface area contributed by atoms with Gasteiger partial charge in [-0.2, -0.15) is 5.21 Å². The number of hydrogen-bond acceptors (Lipinski definition) is 6. The number of pyridine rings is 1. The Morgan fingerprint density at radius 2 is 2.39 bits per heavy atom. The molecule has 0 aliphatic carbocycles. The number of hydrogen-bond donors (Lipinski definition) is 2. The molecule has 0 saturated carbocycles. The van der Waals surface area contributed by atoms with Crippen LogP contribution in [0.3, 0.4) is 0 Å². The van der Waals surface area contributed by atoms with Crippen LogP contribution >= 0.6 is 0 Å². The van der Waals surface area contributed by atoms with E-state index in [0.717, 1.165) is 0 Å². The monoisotopic (exact) mass is 250 g/mol. The fraction of sp³-hybridized carbons (Fsp3) is 0.200. The maximum atomic E-state index is 12.2. The van der Waals surface area contributed by atoms with Crippen molar-refractivity contribution in [3.05, 3.63) is 30.2 Å². The highest BCUT2D eigenvalue weighted by Gasteiger charge is 2.04. The zero-order chi connectivity index (χ0) is 12.8. The van der Waals surface area contributed by atoms with Crippen molar-refractivity contribution in [1.82, 2.24) is 25.6 Å². The molecule has 0 radical (unpaired) electrons. The Kier molecular flexibility index (Phi) is 3.92. The Bertz CT molecular complexity index is 510. The minimum absolute atomic E-state index is 0.0935. The van der Waals surface area contributed by atoms with Crippen molar-refractivity contribution in [2.24, 2.45) is 5.73 Å². The fourth-order valence-electron chi connectivity index (χ4n) is 1.18. The van der Waals surface area contributed by atoms with E-state index in [9.17, 15) is 4.39 Å².